The molecule has 4 aliphatic heterocycles. The lowest BCUT2D eigenvalue weighted by atomic mass is 9.83. The molecule has 2 fully saturated rings. The van der Waals surface area contributed by atoms with E-state index in [1.165, 1.54) is 4.90 Å². The van der Waals surface area contributed by atoms with Crippen LogP contribution in [-0.2, 0) is 9.59 Å². The van der Waals surface area contributed by atoms with Gasteiger partial charge in [0.25, 0.3) is 0 Å². The molecule has 3 aromatic rings. The molecule has 39 heavy (non-hydrogen) atoms. The molecule has 9 heteroatoms. The monoisotopic (exact) mass is 586 g/mol. The van der Waals surface area contributed by atoms with E-state index in [1.807, 2.05) is 41.4 Å². The Hall–Kier alpha value is -4.11. The fourth-order valence-corrected chi connectivity index (χ4v) is 6.81. The number of halogens is 1. The fraction of sp³-hybridized carbons (Fsp3) is 0.233. The van der Waals surface area contributed by atoms with Gasteiger partial charge in [0.1, 0.15) is 25.0 Å². The molecular weight excluding hydrogens is 564 g/mol. The smallest absolute Gasteiger partial charge is 0.240 e. The van der Waals surface area contributed by atoms with Gasteiger partial charge < -0.3 is 19.1 Å². The highest BCUT2D eigenvalue weighted by molar-refractivity contribution is 9.10. The van der Waals surface area contributed by atoms with Gasteiger partial charge in [-0.05, 0) is 63.5 Å². The summed E-state index contributed by atoms with van der Waals surface area (Å²) in [6, 6.07) is 16.7. The van der Waals surface area contributed by atoms with Crippen molar-refractivity contribution in [2.75, 3.05) is 25.2 Å². The van der Waals surface area contributed by atoms with Crippen molar-refractivity contribution in [3.8, 4) is 17.2 Å². The zero-order chi connectivity index (χ0) is 26.8. The fourth-order valence-electron chi connectivity index (χ4n) is 6.27. The maximum Gasteiger partial charge on any atom is 0.240 e. The molecule has 0 radical (unpaired) electrons. The van der Waals surface area contributed by atoms with Crippen molar-refractivity contribution in [2.45, 2.75) is 12.1 Å². The van der Waals surface area contributed by atoms with E-state index in [0.29, 0.717) is 46.2 Å². The van der Waals surface area contributed by atoms with Crippen LogP contribution < -0.4 is 19.1 Å². The van der Waals surface area contributed by atoms with Crippen LogP contribution in [-0.4, -0.2) is 48.9 Å². The Balaban J connectivity index is 1.34. The largest absolute Gasteiger partial charge is 0.496 e. The number of ketones is 1. The Morgan fingerprint density at radius 1 is 0.949 bits per heavy atom. The van der Waals surface area contributed by atoms with Crippen LogP contribution in [0.3, 0.4) is 0 Å². The third-order valence-electron chi connectivity index (χ3n) is 7.95. The zero-order valence-electron chi connectivity index (χ0n) is 20.9. The van der Waals surface area contributed by atoms with E-state index in [9.17, 15) is 14.4 Å². The molecule has 0 aliphatic carbocycles. The Morgan fingerprint density at radius 3 is 2.51 bits per heavy atom. The number of ether oxygens (including phenoxy) is 3. The van der Waals surface area contributed by atoms with Crippen LogP contribution in [0.5, 0.6) is 17.2 Å². The first kappa shape index (κ1) is 24.0. The maximum atomic E-state index is 14.1. The van der Waals surface area contributed by atoms with Gasteiger partial charge in [0.2, 0.25) is 11.8 Å². The number of hydrogen-bond acceptors (Lipinski definition) is 7. The molecule has 4 aliphatic rings. The number of benzene rings is 3. The molecule has 7 rings (SSSR count). The predicted molar refractivity (Wildman–Crippen MR) is 146 cm³/mol. The Morgan fingerprint density at radius 2 is 1.72 bits per heavy atom. The first-order valence-corrected chi connectivity index (χ1v) is 13.5. The van der Waals surface area contributed by atoms with E-state index >= 15 is 0 Å². The highest BCUT2D eigenvalue weighted by Gasteiger charge is 2.64. The van der Waals surface area contributed by atoms with Gasteiger partial charge in [-0.15, -0.1) is 0 Å². The van der Waals surface area contributed by atoms with E-state index in [4.69, 9.17) is 14.2 Å². The molecule has 0 saturated carbocycles. The van der Waals surface area contributed by atoms with E-state index < -0.39 is 29.8 Å². The van der Waals surface area contributed by atoms with Crippen molar-refractivity contribution in [2.24, 2.45) is 11.8 Å². The molecule has 0 spiro atoms. The minimum atomic E-state index is -0.861. The van der Waals surface area contributed by atoms with Crippen LogP contribution in [0.2, 0.25) is 0 Å². The lowest BCUT2D eigenvalue weighted by Gasteiger charge is -2.35. The van der Waals surface area contributed by atoms with Gasteiger partial charge in [-0.2, -0.15) is 0 Å². The Kier molecular flexibility index (Phi) is 5.52. The number of carbonyl (C=O) groups excluding carboxylic acids is 3. The van der Waals surface area contributed by atoms with Crippen LogP contribution in [0.15, 0.2) is 71.3 Å². The van der Waals surface area contributed by atoms with Crippen molar-refractivity contribution in [3.05, 3.63) is 88.0 Å². The Bertz CT molecular complexity index is 1590. The number of methoxy groups -OCH3 is 1. The summed E-state index contributed by atoms with van der Waals surface area (Å²) < 4.78 is 17.3. The molecule has 2 saturated heterocycles. The molecule has 0 bridgehead atoms. The van der Waals surface area contributed by atoms with Gasteiger partial charge in [0, 0.05) is 17.8 Å². The first-order chi connectivity index (χ1) is 19.0. The van der Waals surface area contributed by atoms with Crippen molar-refractivity contribution >= 4 is 45.3 Å². The number of amides is 2. The van der Waals surface area contributed by atoms with E-state index in [1.54, 1.807) is 43.5 Å². The van der Waals surface area contributed by atoms with Gasteiger partial charge in [-0.3, -0.25) is 14.4 Å². The number of rotatable bonds is 4. The quantitative estimate of drug-likeness (QED) is 0.325. The summed E-state index contributed by atoms with van der Waals surface area (Å²) in [5, 5.41) is 0. The molecule has 196 valence electrons. The van der Waals surface area contributed by atoms with Crippen LogP contribution in [0.25, 0.3) is 6.08 Å². The number of fused-ring (bicyclic) bond motifs is 6. The topological polar surface area (TPSA) is 85.4 Å². The highest BCUT2D eigenvalue weighted by Crippen LogP contribution is 2.54. The molecule has 4 atom stereocenters. The molecular formula is C30H23BrN2O6. The predicted octanol–water partition coefficient (Wildman–Crippen LogP) is 4.63. The minimum Gasteiger partial charge on any atom is -0.496 e. The second-order valence-corrected chi connectivity index (χ2v) is 10.7. The van der Waals surface area contributed by atoms with Gasteiger partial charge >= 0.3 is 0 Å². The average molecular weight is 587 g/mol. The summed E-state index contributed by atoms with van der Waals surface area (Å²) in [6.45, 7) is 0.825. The van der Waals surface area contributed by atoms with E-state index in [0.717, 1.165) is 11.1 Å². The summed E-state index contributed by atoms with van der Waals surface area (Å²) in [6.07, 6.45) is 3.78. The van der Waals surface area contributed by atoms with E-state index in [2.05, 4.69) is 15.9 Å². The second kappa shape index (κ2) is 8.98. The van der Waals surface area contributed by atoms with Gasteiger partial charge in [0.15, 0.2) is 17.3 Å². The lowest BCUT2D eigenvalue weighted by Crippen LogP contribution is -2.44. The lowest BCUT2D eigenvalue weighted by molar-refractivity contribution is -0.123. The zero-order valence-corrected chi connectivity index (χ0v) is 22.5. The van der Waals surface area contributed by atoms with Crippen LogP contribution in [0.4, 0.5) is 5.69 Å². The maximum absolute atomic E-state index is 14.1. The number of Topliss-reactive ketones (excluding diaryl/α,β-unsaturated/α-hetero) is 1. The van der Waals surface area contributed by atoms with Crippen LogP contribution >= 0.6 is 15.9 Å². The summed E-state index contributed by atoms with van der Waals surface area (Å²) in [7, 11) is 1.55. The summed E-state index contributed by atoms with van der Waals surface area (Å²) >= 11 is 3.47. The Labute approximate surface area is 232 Å². The summed E-state index contributed by atoms with van der Waals surface area (Å²) in [5.41, 5.74) is 2.73. The minimum absolute atomic E-state index is 0.231. The first-order valence-electron chi connectivity index (χ1n) is 12.7. The molecule has 4 heterocycles. The SMILES string of the molecule is COc1ccc(C(=O)[C@@H]2[C@H]3C(=O)N(c4ccc5c(c4)OCCO5)C(=O)[C@@H]3[C@H]3c4ccccc4C=CN23)cc1Br. The third kappa shape index (κ3) is 3.52. The molecule has 0 unspecified atom stereocenters. The number of anilines is 1. The standard InChI is InChI=1S/C30H23BrN2O6/c1-37-21-8-6-17(14-20(21)31)28(34)27-25-24(26-19-5-3-2-4-16(19)10-11-32(26)27)29(35)33(30(25)36)18-7-9-22-23(15-18)39-13-12-38-22/h2-11,14-15,24-27H,12-13H2,1H3/t24-,25-,26+,27-/m0/s1. The molecule has 2 amide bonds. The van der Waals surface area contributed by atoms with Crippen molar-refractivity contribution in [3.63, 3.8) is 0 Å². The normalized spacial score (nSPS) is 24.4. The average Bonchev–Trinajstić information content (AvgIpc) is 3.44. The number of carbonyl (C=O) groups is 3. The van der Waals surface area contributed by atoms with Crippen molar-refractivity contribution in [1.29, 1.82) is 0 Å². The molecule has 8 nitrogen and oxygen atoms in total. The third-order valence-corrected chi connectivity index (χ3v) is 8.57. The van der Waals surface area contributed by atoms with Crippen molar-refractivity contribution in [1.82, 2.24) is 4.90 Å². The highest BCUT2D eigenvalue weighted by atomic mass is 79.9. The van der Waals surface area contributed by atoms with Gasteiger partial charge in [0.05, 0.1) is 35.1 Å². The van der Waals surface area contributed by atoms with Crippen molar-refractivity contribution < 1.29 is 28.6 Å². The summed E-state index contributed by atoms with van der Waals surface area (Å²) in [5.74, 6) is -0.893. The molecule has 0 N–H and O–H groups in total. The van der Waals surface area contributed by atoms with E-state index in [-0.39, 0.29) is 11.7 Å². The number of hydrogen-bond donors (Lipinski definition) is 0. The van der Waals surface area contributed by atoms with Crippen LogP contribution in [0.1, 0.15) is 27.5 Å². The van der Waals surface area contributed by atoms with Gasteiger partial charge in [-0.25, -0.2) is 4.90 Å². The molecule has 0 aromatic heterocycles. The number of imide groups is 1. The summed E-state index contributed by atoms with van der Waals surface area (Å²) in [4.78, 5) is 45.5. The van der Waals surface area contributed by atoms with Crippen LogP contribution in [0, 0.1) is 11.8 Å². The number of nitrogens with zero attached hydrogens (tertiary/aromatic N) is 2. The molecule has 3 aromatic carbocycles. The second-order valence-electron chi connectivity index (χ2n) is 9.89. The van der Waals surface area contributed by atoms with Gasteiger partial charge in [-0.1, -0.05) is 24.3 Å².